The predicted octanol–water partition coefficient (Wildman–Crippen LogP) is 5.73. The van der Waals surface area contributed by atoms with Crippen LogP contribution >= 0.6 is 24.8 Å². The second kappa shape index (κ2) is 13.0. The standard InChI is InChI=1S/C28H27N3O3.2ClH/c1-18-3-10-25(19(2)13-18)28(33)34-17-20-4-6-21(7-5-20)26(15-29)27(32)31-24-9-8-23-16-30-12-11-22(23)14-24;;/h3-14,16,26H,15,17,29H2,1-2H3,(H,31,32);2*1H/t26-;;/m1../s1/i1D3,2D3,17D2;;. The van der Waals surface area contributed by atoms with Crippen molar-refractivity contribution in [3.05, 3.63) is 107 Å². The lowest BCUT2D eigenvalue weighted by atomic mass is 9.97. The van der Waals surface area contributed by atoms with Crippen LogP contribution in [0.4, 0.5) is 5.69 Å². The van der Waals surface area contributed by atoms with E-state index in [1.165, 1.54) is 24.3 Å². The van der Waals surface area contributed by atoms with Crippen LogP contribution in [0.15, 0.2) is 79.1 Å². The fourth-order valence-electron chi connectivity index (χ4n) is 3.45. The SMILES string of the molecule is Cl.Cl.[2H]C([2H])([2H])c1ccc(C(=O)OC([2H])([2H])c2ccc([C@@H](CN)C(=O)Nc3ccc4cnccc4c3)cc2)c(C([2H])([2H])[2H])c1. The minimum atomic E-state index is -2.86. The summed E-state index contributed by atoms with van der Waals surface area (Å²) in [6.45, 7) is -8.18. The van der Waals surface area contributed by atoms with Crippen molar-refractivity contribution in [2.45, 2.75) is 26.2 Å². The molecule has 188 valence electrons. The number of ether oxygens (including phenoxy) is 1. The number of hydrogen-bond donors (Lipinski definition) is 2. The number of nitrogens with zero attached hydrogens (tertiary/aromatic N) is 1. The van der Waals surface area contributed by atoms with Crippen molar-refractivity contribution in [1.29, 1.82) is 0 Å². The Bertz CT molecular complexity index is 1630. The summed E-state index contributed by atoms with van der Waals surface area (Å²) >= 11 is 0. The predicted molar refractivity (Wildman–Crippen MR) is 148 cm³/mol. The van der Waals surface area contributed by atoms with Crippen LogP contribution in [0.1, 0.15) is 49.5 Å². The van der Waals surface area contributed by atoms with Crippen LogP contribution in [0.5, 0.6) is 0 Å². The van der Waals surface area contributed by atoms with Gasteiger partial charge in [0.25, 0.3) is 0 Å². The summed E-state index contributed by atoms with van der Waals surface area (Å²) in [5.41, 5.74) is 5.57. The van der Waals surface area contributed by atoms with E-state index < -0.39 is 43.3 Å². The summed E-state index contributed by atoms with van der Waals surface area (Å²) < 4.78 is 67.4. The summed E-state index contributed by atoms with van der Waals surface area (Å²) in [4.78, 5) is 30.0. The molecular formula is C28H29Cl2N3O3. The minimum absolute atomic E-state index is 0. The maximum absolute atomic E-state index is 13.0. The first-order valence-corrected chi connectivity index (χ1v) is 10.4. The van der Waals surface area contributed by atoms with Gasteiger partial charge >= 0.3 is 5.97 Å². The fourth-order valence-corrected chi connectivity index (χ4v) is 3.45. The van der Waals surface area contributed by atoms with Crippen LogP contribution in [0.2, 0.25) is 0 Å². The number of pyridine rings is 1. The molecule has 6 nitrogen and oxygen atoms in total. The van der Waals surface area contributed by atoms with Crippen molar-refractivity contribution in [2.24, 2.45) is 5.73 Å². The van der Waals surface area contributed by atoms with Crippen molar-refractivity contribution < 1.29 is 25.3 Å². The number of halogens is 2. The molecule has 4 rings (SSSR count). The van der Waals surface area contributed by atoms with Crippen molar-refractivity contribution in [1.82, 2.24) is 4.98 Å². The lowest BCUT2D eigenvalue weighted by Gasteiger charge is -2.16. The molecule has 8 heteroatoms. The third kappa shape index (κ3) is 6.82. The van der Waals surface area contributed by atoms with Gasteiger partial charge < -0.3 is 15.8 Å². The molecule has 0 fully saturated rings. The van der Waals surface area contributed by atoms with E-state index in [1.807, 2.05) is 18.2 Å². The highest BCUT2D eigenvalue weighted by molar-refractivity contribution is 5.98. The number of esters is 1. The molecule has 0 aliphatic carbocycles. The highest BCUT2D eigenvalue weighted by Crippen LogP contribution is 2.22. The lowest BCUT2D eigenvalue weighted by molar-refractivity contribution is -0.117. The number of carbonyl (C=O) groups excluding carboxylic acids is 2. The molecule has 1 aromatic heterocycles. The van der Waals surface area contributed by atoms with Gasteiger partial charge in [-0.1, -0.05) is 48.0 Å². The molecule has 0 radical (unpaired) electrons. The summed E-state index contributed by atoms with van der Waals surface area (Å²) in [5, 5.41) is 4.65. The van der Waals surface area contributed by atoms with Gasteiger partial charge in [0.05, 0.1) is 14.2 Å². The zero-order chi connectivity index (χ0) is 30.9. The molecular weight excluding hydrogens is 497 g/mol. The fraction of sp³-hybridized carbons (Fsp3) is 0.179. The molecule has 3 N–H and O–H groups in total. The molecule has 0 saturated heterocycles. The van der Waals surface area contributed by atoms with E-state index in [4.69, 9.17) is 21.4 Å². The molecule has 0 saturated carbocycles. The Hall–Kier alpha value is -3.45. The van der Waals surface area contributed by atoms with Gasteiger partial charge in [-0.25, -0.2) is 4.79 Å². The number of benzene rings is 3. The molecule has 0 aliphatic heterocycles. The number of rotatable bonds is 7. The van der Waals surface area contributed by atoms with Gasteiger partial charge in [-0.2, -0.15) is 0 Å². The van der Waals surface area contributed by atoms with Crippen molar-refractivity contribution >= 4 is 53.2 Å². The third-order valence-electron chi connectivity index (χ3n) is 5.27. The minimum Gasteiger partial charge on any atom is -0.457 e. The van der Waals surface area contributed by atoms with Crippen LogP contribution in [-0.4, -0.2) is 23.4 Å². The Kier molecular flexibility index (Phi) is 6.79. The Morgan fingerprint density at radius 1 is 1.03 bits per heavy atom. The Morgan fingerprint density at radius 3 is 2.56 bits per heavy atom. The summed E-state index contributed by atoms with van der Waals surface area (Å²) in [7, 11) is 0. The number of nitrogens with one attached hydrogen (secondary N) is 1. The zero-order valence-corrected chi connectivity index (χ0v) is 20.5. The first kappa shape index (κ1) is 18.8. The Balaban J connectivity index is 0.00000337. The van der Waals surface area contributed by atoms with Crippen LogP contribution in [0.25, 0.3) is 10.8 Å². The maximum Gasteiger partial charge on any atom is 0.338 e. The second-order valence-corrected chi connectivity index (χ2v) is 7.59. The van der Waals surface area contributed by atoms with E-state index in [0.29, 0.717) is 11.3 Å². The van der Waals surface area contributed by atoms with Crippen molar-refractivity contribution in [3.63, 3.8) is 0 Å². The molecule has 0 aliphatic rings. The summed E-state index contributed by atoms with van der Waals surface area (Å²) in [6.07, 6.45) is 3.36. The molecule has 1 amide bonds. The average molecular weight is 535 g/mol. The maximum atomic E-state index is 13.0. The first-order valence-electron chi connectivity index (χ1n) is 14.4. The number of nitrogens with two attached hydrogens (primary N) is 1. The van der Waals surface area contributed by atoms with Crippen LogP contribution in [-0.2, 0) is 16.1 Å². The topological polar surface area (TPSA) is 94.3 Å². The Morgan fingerprint density at radius 2 is 1.83 bits per heavy atom. The average Bonchev–Trinajstić information content (AvgIpc) is 2.92. The summed E-state index contributed by atoms with van der Waals surface area (Å²) in [6, 6.07) is 15.8. The largest absolute Gasteiger partial charge is 0.457 e. The normalized spacial score (nSPS) is 15.5. The molecule has 0 spiro atoms. The van der Waals surface area contributed by atoms with Gasteiger partial charge in [-0.3, -0.25) is 9.78 Å². The number of anilines is 1. The van der Waals surface area contributed by atoms with Gasteiger partial charge in [0, 0.05) is 38.2 Å². The van der Waals surface area contributed by atoms with Crippen molar-refractivity contribution in [3.8, 4) is 0 Å². The quantitative estimate of drug-likeness (QED) is 0.295. The monoisotopic (exact) mass is 533 g/mol. The van der Waals surface area contributed by atoms with E-state index >= 15 is 0 Å². The van der Waals surface area contributed by atoms with Crippen LogP contribution < -0.4 is 11.1 Å². The molecule has 0 unspecified atom stereocenters. The molecule has 0 bridgehead atoms. The number of aromatic nitrogens is 1. The van der Waals surface area contributed by atoms with Crippen LogP contribution in [0.3, 0.4) is 0 Å². The van der Waals surface area contributed by atoms with Gasteiger partial charge in [0.2, 0.25) is 5.91 Å². The second-order valence-electron chi connectivity index (χ2n) is 7.59. The van der Waals surface area contributed by atoms with Gasteiger partial charge in [0.15, 0.2) is 0 Å². The third-order valence-corrected chi connectivity index (χ3v) is 5.27. The van der Waals surface area contributed by atoms with Gasteiger partial charge in [-0.05, 0) is 60.0 Å². The first-order chi connectivity index (χ1) is 19.6. The summed E-state index contributed by atoms with van der Waals surface area (Å²) in [5.74, 6) is -2.41. The molecule has 4 aromatic rings. The molecule has 1 heterocycles. The van der Waals surface area contributed by atoms with Gasteiger partial charge in [0.1, 0.15) is 6.56 Å². The van der Waals surface area contributed by atoms with E-state index in [1.54, 1.807) is 18.5 Å². The van der Waals surface area contributed by atoms with Gasteiger partial charge in [-0.15, -0.1) is 24.8 Å². The molecule has 1 atom stereocenters. The number of aryl methyl sites for hydroxylation is 2. The Labute approximate surface area is 234 Å². The van der Waals surface area contributed by atoms with E-state index in [9.17, 15) is 9.59 Å². The van der Waals surface area contributed by atoms with Crippen molar-refractivity contribution in [2.75, 3.05) is 11.9 Å². The number of hydrogen-bond acceptors (Lipinski definition) is 5. The highest BCUT2D eigenvalue weighted by atomic mass is 35.5. The van der Waals surface area contributed by atoms with E-state index in [0.717, 1.165) is 29.0 Å². The zero-order valence-electron chi connectivity index (χ0n) is 26.9. The highest BCUT2D eigenvalue weighted by Gasteiger charge is 2.19. The number of fused-ring (bicyclic) bond motifs is 1. The lowest BCUT2D eigenvalue weighted by Crippen LogP contribution is -2.27. The molecule has 36 heavy (non-hydrogen) atoms. The number of amides is 1. The van der Waals surface area contributed by atoms with Crippen LogP contribution in [0, 0.1) is 13.7 Å². The van der Waals surface area contributed by atoms with E-state index in [2.05, 4.69) is 10.3 Å². The smallest absolute Gasteiger partial charge is 0.338 e. The number of carbonyl (C=O) groups is 2. The van der Waals surface area contributed by atoms with E-state index in [-0.39, 0.29) is 48.4 Å². The molecule has 3 aromatic carbocycles.